The standard InChI is InChI=1S/C30H35ClFN3O3.C6H13N.C2H6/c1-20(36)35-18-21(19-35)16-34-17-24-9-11-28(38-13-12-37-2)30(32)29(24)25-14-23(8-10-27(25)31)26(15-33)22-6-4-3-5-7-22;7-6-4-2-1-3-5-6;1-2/h3-11,14,21,26,34H,12-13,15-19,33H2,1-2H3;6H,1-5,7H2;1-2H3. The SMILES string of the molecule is CC.COCCOc1ccc(CNCC2CN(C(C)=O)C2)c(-c2cc(C(CN)c3ccccc3)ccc2Cl)c1F.NC1CCCCC1. The monoisotopic (exact) mass is 668 g/mol. The van der Waals surface area contributed by atoms with E-state index in [2.05, 4.69) is 5.32 Å². The van der Waals surface area contributed by atoms with Crippen LogP contribution in [0, 0.1) is 11.7 Å². The highest BCUT2D eigenvalue weighted by Gasteiger charge is 2.28. The van der Waals surface area contributed by atoms with E-state index in [0.29, 0.717) is 47.8 Å². The van der Waals surface area contributed by atoms with Gasteiger partial charge in [-0.1, -0.05) is 87.2 Å². The molecule has 1 aliphatic heterocycles. The topological polar surface area (TPSA) is 103 Å². The fraction of sp³-hybridized carbons (Fsp3) is 0.500. The van der Waals surface area contributed by atoms with E-state index in [4.69, 9.17) is 32.5 Å². The van der Waals surface area contributed by atoms with Crippen LogP contribution in [0.4, 0.5) is 4.39 Å². The number of nitrogens with two attached hydrogens (primary N) is 2. The number of hydrogen-bond donors (Lipinski definition) is 3. The molecule has 3 aromatic carbocycles. The van der Waals surface area contributed by atoms with Crippen LogP contribution < -0.4 is 21.5 Å². The molecule has 1 amide bonds. The Morgan fingerprint density at radius 2 is 1.72 bits per heavy atom. The van der Waals surface area contributed by atoms with Crippen molar-refractivity contribution in [2.75, 3.05) is 46.5 Å². The van der Waals surface area contributed by atoms with Crippen molar-refractivity contribution in [1.29, 1.82) is 0 Å². The molecule has 1 aliphatic carbocycles. The number of likely N-dealkylation sites (tertiary alicyclic amines) is 1. The van der Waals surface area contributed by atoms with Crippen LogP contribution in [-0.2, 0) is 16.1 Å². The highest BCUT2D eigenvalue weighted by atomic mass is 35.5. The molecule has 0 bridgehead atoms. The molecule has 1 heterocycles. The van der Waals surface area contributed by atoms with Crippen LogP contribution in [-0.4, -0.2) is 63.4 Å². The summed E-state index contributed by atoms with van der Waals surface area (Å²) in [4.78, 5) is 13.3. The molecule has 1 saturated heterocycles. The molecular formula is C38H54ClFN4O3. The predicted octanol–water partition coefficient (Wildman–Crippen LogP) is 7.13. The highest BCUT2D eigenvalue weighted by Crippen LogP contribution is 2.39. The summed E-state index contributed by atoms with van der Waals surface area (Å²) in [5.74, 6) is 0.106. The number of nitrogens with zero attached hydrogens (tertiary/aromatic N) is 1. The summed E-state index contributed by atoms with van der Waals surface area (Å²) in [6, 6.07) is 19.8. The molecule has 9 heteroatoms. The third-order valence-corrected chi connectivity index (χ3v) is 8.97. The van der Waals surface area contributed by atoms with Gasteiger partial charge >= 0.3 is 0 Å². The van der Waals surface area contributed by atoms with Gasteiger partial charge < -0.3 is 31.2 Å². The number of halogens is 2. The second-order valence-corrected chi connectivity index (χ2v) is 12.4. The number of hydrogen-bond acceptors (Lipinski definition) is 6. The minimum atomic E-state index is -0.463. The molecule has 0 spiro atoms. The Balaban J connectivity index is 0.000000582. The summed E-state index contributed by atoms with van der Waals surface area (Å²) in [6.07, 6.45) is 6.66. The number of carbonyl (C=O) groups excluding carboxylic acids is 1. The van der Waals surface area contributed by atoms with E-state index in [1.807, 2.05) is 67.3 Å². The Morgan fingerprint density at radius 1 is 1.02 bits per heavy atom. The molecule has 2 aliphatic rings. The van der Waals surface area contributed by atoms with Crippen LogP contribution in [0.25, 0.3) is 11.1 Å². The summed E-state index contributed by atoms with van der Waals surface area (Å²) in [5.41, 5.74) is 15.6. The molecule has 1 atom stereocenters. The van der Waals surface area contributed by atoms with Crippen molar-refractivity contribution in [3.8, 4) is 16.9 Å². The largest absolute Gasteiger partial charge is 0.488 e. The van der Waals surface area contributed by atoms with Crippen LogP contribution in [0.5, 0.6) is 5.75 Å². The van der Waals surface area contributed by atoms with Gasteiger partial charge in [-0.3, -0.25) is 4.79 Å². The first kappa shape index (κ1) is 38.4. The van der Waals surface area contributed by atoms with Crippen LogP contribution in [0.15, 0.2) is 60.7 Å². The number of methoxy groups -OCH3 is 1. The summed E-state index contributed by atoms with van der Waals surface area (Å²) >= 11 is 6.69. The summed E-state index contributed by atoms with van der Waals surface area (Å²) in [6.45, 7) is 9.22. The van der Waals surface area contributed by atoms with Crippen molar-refractivity contribution in [2.24, 2.45) is 17.4 Å². The lowest BCUT2D eigenvalue weighted by molar-refractivity contribution is -0.134. The zero-order valence-electron chi connectivity index (χ0n) is 28.6. The van der Waals surface area contributed by atoms with Crippen LogP contribution in [0.3, 0.4) is 0 Å². The maximum atomic E-state index is 16.0. The van der Waals surface area contributed by atoms with Gasteiger partial charge in [-0.05, 0) is 47.7 Å². The van der Waals surface area contributed by atoms with E-state index in [0.717, 1.165) is 36.3 Å². The van der Waals surface area contributed by atoms with Crippen LogP contribution in [0.1, 0.15) is 75.5 Å². The summed E-state index contributed by atoms with van der Waals surface area (Å²) in [5, 5.41) is 3.88. The molecule has 1 unspecified atom stereocenters. The van der Waals surface area contributed by atoms with Gasteiger partial charge in [-0.2, -0.15) is 0 Å². The van der Waals surface area contributed by atoms with E-state index in [1.165, 1.54) is 32.1 Å². The predicted molar refractivity (Wildman–Crippen MR) is 191 cm³/mol. The molecule has 0 radical (unpaired) electrons. The Bertz CT molecular complexity index is 1360. The van der Waals surface area contributed by atoms with E-state index in [9.17, 15) is 4.79 Å². The molecule has 5 rings (SSSR count). The lowest BCUT2D eigenvalue weighted by Crippen LogP contribution is -2.52. The van der Waals surface area contributed by atoms with Crippen LogP contribution >= 0.6 is 11.6 Å². The molecule has 0 aromatic heterocycles. The van der Waals surface area contributed by atoms with E-state index in [1.54, 1.807) is 26.2 Å². The Hall–Kier alpha value is -3.01. The van der Waals surface area contributed by atoms with Crippen molar-refractivity contribution in [3.05, 3.63) is 88.2 Å². The number of nitrogens with one attached hydrogen (secondary N) is 1. The molecule has 5 N–H and O–H groups in total. The van der Waals surface area contributed by atoms with Crippen LogP contribution in [0.2, 0.25) is 5.02 Å². The van der Waals surface area contributed by atoms with Gasteiger partial charge in [0, 0.05) is 80.8 Å². The Morgan fingerprint density at radius 3 is 2.32 bits per heavy atom. The number of amides is 1. The molecule has 258 valence electrons. The lowest BCUT2D eigenvalue weighted by Gasteiger charge is -2.38. The first-order valence-electron chi connectivity index (χ1n) is 17.0. The normalized spacial score (nSPS) is 15.4. The average molecular weight is 669 g/mol. The van der Waals surface area contributed by atoms with Gasteiger partial charge in [0.2, 0.25) is 5.91 Å². The number of carbonyl (C=O) groups is 1. The molecular weight excluding hydrogens is 615 g/mol. The van der Waals surface area contributed by atoms with E-state index in [-0.39, 0.29) is 24.2 Å². The third kappa shape index (κ3) is 11.3. The molecule has 47 heavy (non-hydrogen) atoms. The second-order valence-electron chi connectivity index (χ2n) is 12.0. The fourth-order valence-corrected chi connectivity index (χ4v) is 6.20. The first-order chi connectivity index (χ1) is 22.8. The third-order valence-electron chi connectivity index (χ3n) is 8.64. The van der Waals surface area contributed by atoms with Gasteiger partial charge in [-0.15, -0.1) is 0 Å². The quantitative estimate of drug-likeness (QED) is 0.178. The smallest absolute Gasteiger partial charge is 0.219 e. The molecule has 1 saturated carbocycles. The fourth-order valence-electron chi connectivity index (χ4n) is 5.98. The Labute approximate surface area is 286 Å². The number of benzene rings is 3. The minimum Gasteiger partial charge on any atom is -0.488 e. The highest BCUT2D eigenvalue weighted by molar-refractivity contribution is 6.33. The molecule has 2 fully saturated rings. The summed E-state index contributed by atoms with van der Waals surface area (Å²) in [7, 11) is 1.57. The van der Waals surface area contributed by atoms with Gasteiger partial charge in [0.15, 0.2) is 11.6 Å². The van der Waals surface area contributed by atoms with Gasteiger partial charge in [0.25, 0.3) is 0 Å². The van der Waals surface area contributed by atoms with Crippen molar-refractivity contribution < 1.29 is 18.7 Å². The van der Waals surface area contributed by atoms with Gasteiger partial charge in [-0.25, -0.2) is 4.39 Å². The number of ether oxygens (including phenoxy) is 2. The average Bonchev–Trinajstić information content (AvgIpc) is 3.06. The van der Waals surface area contributed by atoms with E-state index < -0.39 is 5.82 Å². The van der Waals surface area contributed by atoms with Gasteiger partial charge in [0.1, 0.15) is 6.61 Å². The van der Waals surface area contributed by atoms with Crippen molar-refractivity contribution >= 4 is 17.5 Å². The van der Waals surface area contributed by atoms with Crippen molar-refractivity contribution in [1.82, 2.24) is 10.2 Å². The lowest BCUT2D eigenvalue weighted by atomic mass is 9.88. The van der Waals surface area contributed by atoms with E-state index >= 15 is 4.39 Å². The Kier molecular flexibility index (Phi) is 16.7. The molecule has 3 aromatic rings. The minimum absolute atomic E-state index is 0.0548. The van der Waals surface area contributed by atoms with Gasteiger partial charge in [0.05, 0.1) is 6.61 Å². The summed E-state index contributed by atoms with van der Waals surface area (Å²) < 4.78 is 26.8. The maximum absolute atomic E-state index is 16.0. The zero-order chi connectivity index (χ0) is 34.2. The van der Waals surface area contributed by atoms with Crippen molar-refractivity contribution in [3.63, 3.8) is 0 Å². The second kappa shape index (κ2) is 20.4. The van der Waals surface area contributed by atoms with Crippen molar-refractivity contribution in [2.45, 2.75) is 71.4 Å². The maximum Gasteiger partial charge on any atom is 0.219 e. The molecule has 7 nitrogen and oxygen atoms in total. The zero-order valence-corrected chi connectivity index (χ0v) is 29.3. The first-order valence-corrected chi connectivity index (χ1v) is 17.4. The number of rotatable bonds is 12.